The molecule has 0 aromatic heterocycles. The molecule has 7 heteroatoms. The van der Waals surface area contributed by atoms with E-state index in [1.54, 1.807) is 31.2 Å². The van der Waals surface area contributed by atoms with Crippen molar-refractivity contribution in [3.8, 4) is 5.75 Å². The molecule has 1 aromatic rings. The molecule has 3 rings (SSSR count). The highest BCUT2D eigenvalue weighted by molar-refractivity contribution is 6.01. The van der Waals surface area contributed by atoms with Crippen molar-refractivity contribution in [3.63, 3.8) is 0 Å². The molecule has 0 radical (unpaired) electrons. The minimum atomic E-state index is -0.666. The molecule has 1 aromatic carbocycles. The Morgan fingerprint density at radius 2 is 2.12 bits per heavy atom. The molecular weight excluding hydrogens is 326 g/mol. The SMILES string of the molecule is CCOC(=O)N1CC2(CC(=O)c3cc(/C=C/C(=O)OC)ccc3O2)C1. The Bertz CT molecular complexity index is 748. The summed E-state index contributed by atoms with van der Waals surface area (Å²) in [6.45, 7) is 2.73. The van der Waals surface area contributed by atoms with E-state index in [2.05, 4.69) is 4.74 Å². The Labute approximate surface area is 145 Å². The molecule has 0 bridgehead atoms. The second-order valence-corrected chi connectivity index (χ2v) is 6.05. The highest BCUT2D eigenvalue weighted by atomic mass is 16.6. The number of fused-ring (bicyclic) bond motifs is 1. The lowest BCUT2D eigenvalue weighted by Crippen LogP contribution is -2.68. The smallest absolute Gasteiger partial charge is 0.410 e. The van der Waals surface area contributed by atoms with Crippen LogP contribution in [0.5, 0.6) is 5.75 Å². The highest BCUT2D eigenvalue weighted by Gasteiger charge is 2.52. The first-order valence-corrected chi connectivity index (χ1v) is 8.00. The number of carbonyl (C=O) groups excluding carboxylic acids is 3. The first-order valence-electron chi connectivity index (χ1n) is 8.00. The van der Waals surface area contributed by atoms with Crippen molar-refractivity contribution >= 4 is 23.9 Å². The lowest BCUT2D eigenvalue weighted by atomic mass is 9.83. The standard InChI is InChI=1S/C18H19NO6/c1-3-24-17(22)19-10-18(11-19)9-14(20)13-8-12(4-6-15(13)25-18)5-7-16(21)23-2/h4-8H,3,9-11H2,1-2H3/b7-5+. The second-order valence-electron chi connectivity index (χ2n) is 6.05. The summed E-state index contributed by atoms with van der Waals surface area (Å²) in [6, 6.07) is 5.15. The number of nitrogens with zero attached hydrogens (tertiary/aromatic N) is 1. The van der Waals surface area contributed by atoms with Crippen molar-refractivity contribution < 1.29 is 28.6 Å². The summed E-state index contributed by atoms with van der Waals surface area (Å²) in [4.78, 5) is 36.9. The third kappa shape index (κ3) is 3.35. The maximum absolute atomic E-state index is 12.5. The molecule has 1 spiro atoms. The first-order chi connectivity index (χ1) is 12.0. The van der Waals surface area contributed by atoms with Crippen molar-refractivity contribution in [2.75, 3.05) is 26.8 Å². The van der Waals surface area contributed by atoms with Gasteiger partial charge in [-0.3, -0.25) is 4.79 Å². The number of amides is 1. The lowest BCUT2D eigenvalue weighted by Gasteiger charge is -2.50. The van der Waals surface area contributed by atoms with Crippen LogP contribution in [0.25, 0.3) is 6.08 Å². The predicted octanol–water partition coefficient (Wildman–Crippen LogP) is 2.05. The number of rotatable bonds is 3. The molecule has 2 aliphatic heterocycles. The van der Waals surface area contributed by atoms with E-state index in [0.717, 1.165) is 0 Å². The average molecular weight is 345 g/mol. The van der Waals surface area contributed by atoms with Crippen LogP contribution in [0.2, 0.25) is 0 Å². The zero-order chi connectivity index (χ0) is 18.0. The number of likely N-dealkylation sites (tertiary alicyclic amines) is 1. The largest absolute Gasteiger partial charge is 0.482 e. The maximum Gasteiger partial charge on any atom is 0.410 e. The van der Waals surface area contributed by atoms with E-state index in [-0.39, 0.29) is 12.2 Å². The van der Waals surface area contributed by atoms with Crippen molar-refractivity contribution in [2.45, 2.75) is 18.9 Å². The van der Waals surface area contributed by atoms with Crippen molar-refractivity contribution in [3.05, 3.63) is 35.4 Å². The third-order valence-corrected chi connectivity index (χ3v) is 4.21. The number of methoxy groups -OCH3 is 1. The van der Waals surface area contributed by atoms with Gasteiger partial charge in [0.15, 0.2) is 11.4 Å². The van der Waals surface area contributed by atoms with E-state index in [1.165, 1.54) is 18.1 Å². The van der Waals surface area contributed by atoms with Gasteiger partial charge in [-0.15, -0.1) is 0 Å². The molecule has 0 unspecified atom stereocenters. The molecule has 1 fully saturated rings. The monoisotopic (exact) mass is 345 g/mol. The van der Waals surface area contributed by atoms with E-state index in [1.807, 2.05) is 0 Å². The van der Waals surface area contributed by atoms with E-state index < -0.39 is 17.7 Å². The molecule has 7 nitrogen and oxygen atoms in total. The van der Waals surface area contributed by atoms with Gasteiger partial charge in [-0.2, -0.15) is 0 Å². The Hall–Kier alpha value is -2.83. The van der Waals surface area contributed by atoms with Gasteiger partial charge in [0, 0.05) is 6.08 Å². The number of ether oxygens (including phenoxy) is 3. The summed E-state index contributed by atoms with van der Waals surface area (Å²) in [6.07, 6.45) is 2.69. The molecule has 0 aliphatic carbocycles. The van der Waals surface area contributed by atoms with Crippen LogP contribution in [0.15, 0.2) is 24.3 Å². The van der Waals surface area contributed by atoms with Gasteiger partial charge in [0.2, 0.25) is 0 Å². The Balaban J connectivity index is 1.73. The number of ketones is 1. The van der Waals surface area contributed by atoms with Crippen LogP contribution in [0, 0.1) is 0 Å². The van der Waals surface area contributed by atoms with E-state index in [9.17, 15) is 14.4 Å². The fourth-order valence-electron chi connectivity index (χ4n) is 3.02. The third-order valence-electron chi connectivity index (χ3n) is 4.21. The van der Waals surface area contributed by atoms with Gasteiger partial charge in [0.05, 0.1) is 38.8 Å². The zero-order valence-corrected chi connectivity index (χ0v) is 14.1. The van der Waals surface area contributed by atoms with Crippen LogP contribution in [0.1, 0.15) is 29.3 Å². The lowest BCUT2D eigenvalue weighted by molar-refractivity contribution is -0.134. The van der Waals surface area contributed by atoms with Crippen LogP contribution in [0.4, 0.5) is 4.79 Å². The normalized spacial score (nSPS) is 17.7. The number of hydrogen-bond acceptors (Lipinski definition) is 6. The second kappa shape index (κ2) is 6.58. The molecular formula is C18H19NO6. The van der Waals surface area contributed by atoms with Gasteiger partial charge in [0.1, 0.15) is 5.75 Å². The Morgan fingerprint density at radius 3 is 2.80 bits per heavy atom. The summed E-state index contributed by atoms with van der Waals surface area (Å²) in [5.41, 5.74) is 0.520. The van der Waals surface area contributed by atoms with Gasteiger partial charge < -0.3 is 19.1 Å². The molecule has 0 saturated carbocycles. The summed E-state index contributed by atoms with van der Waals surface area (Å²) in [7, 11) is 1.30. The van der Waals surface area contributed by atoms with Gasteiger partial charge in [0.25, 0.3) is 0 Å². The van der Waals surface area contributed by atoms with Crippen molar-refractivity contribution in [2.24, 2.45) is 0 Å². The average Bonchev–Trinajstić information content (AvgIpc) is 2.57. The zero-order valence-electron chi connectivity index (χ0n) is 14.1. The predicted molar refractivity (Wildman–Crippen MR) is 88.4 cm³/mol. The molecule has 0 atom stereocenters. The molecule has 25 heavy (non-hydrogen) atoms. The summed E-state index contributed by atoms with van der Waals surface area (Å²) >= 11 is 0. The number of benzene rings is 1. The van der Waals surface area contributed by atoms with Gasteiger partial charge >= 0.3 is 12.1 Å². The number of Topliss-reactive ketones (excluding diaryl/α,β-unsaturated/α-hetero) is 1. The van der Waals surface area contributed by atoms with Crippen molar-refractivity contribution in [1.29, 1.82) is 0 Å². The number of carbonyl (C=O) groups is 3. The summed E-state index contributed by atoms with van der Waals surface area (Å²) in [5.74, 6) is -0.0131. The highest BCUT2D eigenvalue weighted by Crippen LogP contribution is 2.39. The fraction of sp³-hybridized carbons (Fsp3) is 0.389. The Morgan fingerprint density at radius 1 is 1.36 bits per heavy atom. The van der Waals surface area contributed by atoms with Crippen LogP contribution in [0.3, 0.4) is 0 Å². The van der Waals surface area contributed by atoms with Gasteiger partial charge in [-0.1, -0.05) is 6.07 Å². The van der Waals surface area contributed by atoms with Crippen LogP contribution < -0.4 is 4.74 Å². The quantitative estimate of drug-likeness (QED) is 0.616. The minimum Gasteiger partial charge on any atom is -0.482 e. The fourth-order valence-corrected chi connectivity index (χ4v) is 3.02. The summed E-state index contributed by atoms with van der Waals surface area (Å²) in [5, 5.41) is 0. The molecule has 2 heterocycles. The van der Waals surface area contributed by atoms with E-state index in [4.69, 9.17) is 9.47 Å². The van der Waals surface area contributed by atoms with E-state index >= 15 is 0 Å². The number of hydrogen-bond donors (Lipinski definition) is 0. The number of esters is 1. The van der Waals surface area contributed by atoms with Crippen LogP contribution >= 0.6 is 0 Å². The van der Waals surface area contributed by atoms with Crippen molar-refractivity contribution in [1.82, 2.24) is 4.90 Å². The van der Waals surface area contributed by atoms with Gasteiger partial charge in [-0.05, 0) is 30.7 Å². The van der Waals surface area contributed by atoms with Gasteiger partial charge in [-0.25, -0.2) is 9.59 Å². The minimum absolute atomic E-state index is 0.0434. The molecule has 1 amide bonds. The maximum atomic E-state index is 12.5. The molecule has 0 N–H and O–H groups in total. The Kier molecular flexibility index (Phi) is 4.48. The molecule has 132 valence electrons. The first kappa shape index (κ1) is 17.0. The van der Waals surface area contributed by atoms with Crippen LogP contribution in [-0.2, 0) is 14.3 Å². The molecule has 1 saturated heterocycles. The topological polar surface area (TPSA) is 82.1 Å². The van der Waals surface area contributed by atoms with Crippen LogP contribution in [-0.4, -0.2) is 55.2 Å². The summed E-state index contributed by atoms with van der Waals surface area (Å²) < 4.78 is 15.5. The van der Waals surface area contributed by atoms with E-state index in [0.29, 0.717) is 36.6 Å². The molecule has 2 aliphatic rings.